The molecule has 1 saturated heterocycles. The SMILES string of the molecule is CC(/C=C\NC=O)=C/CCC(C)(C(=O)NOC1CCCCO1)S(C)=O. The van der Waals surface area contributed by atoms with Crippen molar-refractivity contribution in [3.63, 3.8) is 0 Å². The molecule has 0 saturated carbocycles. The second-order valence-corrected chi connectivity index (χ2v) is 7.94. The number of nitrogens with one attached hydrogen (secondary N) is 2. The van der Waals surface area contributed by atoms with Gasteiger partial charge in [-0.2, -0.15) is 0 Å². The van der Waals surface area contributed by atoms with Gasteiger partial charge in [0.1, 0.15) is 4.75 Å². The number of carbonyl (C=O) groups excluding carboxylic acids is 2. The van der Waals surface area contributed by atoms with Crippen LogP contribution >= 0.6 is 0 Å². The highest BCUT2D eigenvalue weighted by molar-refractivity contribution is 7.86. The van der Waals surface area contributed by atoms with Crippen LogP contribution in [0.1, 0.15) is 46.0 Å². The van der Waals surface area contributed by atoms with Gasteiger partial charge in [-0.15, -0.1) is 0 Å². The minimum Gasteiger partial charge on any atom is -0.350 e. The molecule has 0 aromatic rings. The summed E-state index contributed by atoms with van der Waals surface area (Å²) in [5.74, 6) is -0.410. The molecular weight excluding hydrogens is 344 g/mol. The second kappa shape index (κ2) is 11.2. The molecular formula is C17H28N2O5S. The van der Waals surface area contributed by atoms with E-state index in [9.17, 15) is 13.8 Å². The highest BCUT2D eigenvalue weighted by Gasteiger charge is 2.37. The van der Waals surface area contributed by atoms with Gasteiger partial charge in [-0.05, 0) is 45.6 Å². The molecule has 1 aliphatic heterocycles. The van der Waals surface area contributed by atoms with E-state index in [1.807, 2.05) is 13.0 Å². The molecule has 1 heterocycles. The molecule has 1 aliphatic rings. The lowest BCUT2D eigenvalue weighted by atomic mass is 10.0. The van der Waals surface area contributed by atoms with Crippen LogP contribution in [0, 0.1) is 0 Å². The first-order valence-corrected chi connectivity index (χ1v) is 9.90. The number of allylic oxidation sites excluding steroid dienone is 3. The highest BCUT2D eigenvalue weighted by Crippen LogP contribution is 2.22. The van der Waals surface area contributed by atoms with Crippen molar-refractivity contribution < 1.29 is 23.4 Å². The van der Waals surface area contributed by atoms with Gasteiger partial charge in [0.25, 0.3) is 5.91 Å². The molecule has 2 N–H and O–H groups in total. The average Bonchev–Trinajstić information content (AvgIpc) is 2.60. The third-order valence-corrected chi connectivity index (χ3v) is 5.79. The first kappa shape index (κ1) is 21.5. The maximum Gasteiger partial charge on any atom is 0.262 e. The minimum atomic E-state index is -1.37. The third-order valence-electron chi connectivity index (χ3n) is 4.13. The Labute approximate surface area is 151 Å². The number of hydrogen-bond acceptors (Lipinski definition) is 5. The maximum absolute atomic E-state index is 12.5. The van der Waals surface area contributed by atoms with E-state index in [-0.39, 0.29) is 0 Å². The van der Waals surface area contributed by atoms with Crippen molar-refractivity contribution in [1.82, 2.24) is 10.8 Å². The van der Waals surface area contributed by atoms with Crippen molar-refractivity contribution in [3.8, 4) is 0 Å². The quantitative estimate of drug-likeness (QED) is 0.346. The Morgan fingerprint density at radius 1 is 1.44 bits per heavy atom. The van der Waals surface area contributed by atoms with E-state index in [1.54, 1.807) is 13.0 Å². The molecule has 2 amide bonds. The average molecular weight is 372 g/mol. The molecule has 0 aromatic heterocycles. The first-order valence-electron chi connectivity index (χ1n) is 8.34. The summed E-state index contributed by atoms with van der Waals surface area (Å²) in [6.07, 6.45) is 10.6. The fourth-order valence-electron chi connectivity index (χ4n) is 2.28. The van der Waals surface area contributed by atoms with Crippen molar-refractivity contribution in [2.24, 2.45) is 0 Å². The second-order valence-electron chi connectivity index (χ2n) is 6.13. The largest absolute Gasteiger partial charge is 0.350 e. The lowest BCUT2D eigenvalue weighted by molar-refractivity contribution is -0.201. The molecule has 0 aliphatic carbocycles. The van der Waals surface area contributed by atoms with E-state index in [1.165, 1.54) is 12.5 Å². The van der Waals surface area contributed by atoms with E-state index in [2.05, 4.69) is 10.8 Å². The topological polar surface area (TPSA) is 93.7 Å². The summed E-state index contributed by atoms with van der Waals surface area (Å²) >= 11 is 0. The summed E-state index contributed by atoms with van der Waals surface area (Å²) in [6.45, 7) is 4.16. The summed E-state index contributed by atoms with van der Waals surface area (Å²) in [5, 5.41) is 2.43. The van der Waals surface area contributed by atoms with Crippen LogP contribution in [0.15, 0.2) is 23.9 Å². The Hall–Kier alpha value is -1.51. The summed E-state index contributed by atoms with van der Waals surface area (Å²) in [4.78, 5) is 28.0. The normalized spacial score (nSPS) is 22.2. The van der Waals surface area contributed by atoms with Crippen LogP contribution in [0.3, 0.4) is 0 Å². The molecule has 1 rings (SSSR count). The maximum atomic E-state index is 12.5. The van der Waals surface area contributed by atoms with Crippen LogP contribution in [0.25, 0.3) is 0 Å². The van der Waals surface area contributed by atoms with Crippen molar-refractivity contribution in [3.05, 3.63) is 23.9 Å². The zero-order valence-corrected chi connectivity index (χ0v) is 15.9. The van der Waals surface area contributed by atoms with Crippen molar-refractivity contribution in [1.29, 1.82) is 0 Å². The van der Waals surface area contributed by atoms with Crippen LogP contribution in [-0.4, -0.2) is 40.4 Å². The smallest absolute Gasteiger partial charge is 0.262 e. The first-order chi connectivity index (χ1) is 11.9. The van der Waals surface area contributed by atoms with E-state index >= 15 is 0 Å². The van der Waals surface area contributed by atoms with Gasteiger partial charge in [0.15, 0.2) is 6.29 Å². The van der Waals surface area contributed by atoms with Crippen LogP contribution < -0.4 is 10.8 Å². The summed E-state index contributed by atoms with van der Waals surface area (Å²) in [5.41, 5.74) is 3.35. The third kappa shape index (κ3) is 7.50. The van der Waals surface area contributed by atoms with Gasteiger partial charge in [0.05, 0.1) is 0 Å². The van der Waals surface area contributed by atoms with Gasteiger partial charge < -0.3 is 10.1 Å². The molecule has 3 atom stereocenters. The van der Waals surface area contributed by atoms with Gasteiger partial charge >= 0.3 is 0 Å². The summed E-state index contributed by atoms with van der Waals surface area (Å²) < 4.78 is 16.5. The standard InChI is InChI=1S/C17H28N2O5S/c1-14(9-11-18-13-20)7-6-10-17(2,25(3)22)16(21)19-24-15-8-4-5-12-23-15/h7,9,11,13,15H,4-6,8,10,12H2,1-3H3,(H,18,20)(H,19,21)/b11-9-,14-7-. The molecule has 0 aromatic carbocycles. The van der Waals surface area contributed by atoms with E-state index in [4.69, 9.17) is 9.57 Å². The molecule has 1 fully saturated rings. The van der Waals surface area contributed by atoms with Gasteiger partial charge in [-0.25, -0.2) is 10.3 Å². The molecule has 8 heteroatoms. The number of hydroxylamine groups is 1. The molecule has 3 unspecified atom stereocenters. The molecule has 142 valence electrons. The highest BCUT2D eigenvalue weighted by atomic mass is 32.2. The van der Waals surface area contributed by atoms with E-state index < -0.39 is 27.7 Å². The number of carbonyl (C=O) groups is 2. The number of ether oxygens (including phenoxy) is 1. The van der Waals surface area contributed by atoms with Gasteiger partial charge in [0.2, 0.25) is 6.41 Å². The van der Waals surface area contributed by atoms with Crippen molar-refractivity contribution >= 4 is 23.1 Å². The Morgan fingerprint density at radius 3 is 2.80 bits per heavy atom. The molecule has 7 nitrogen and oxygen atoms in total. The number of hydrogen-bond donors (Lipinski definition) is 2. The van der Waals surface area contributed by atoms with Gasteiger partial charge in [-0.1, -0.05) is 11.6 Å². The Balaban J connectivity index is 2.56. The lowest BCUT2D eigenvalue weighted by Gasteiger charge is -2.28. The van der Waals surface area contributed by atoms with Crippen molar-refractivity contribution in [2.45, 2.75) is 57.0 Å². The molecule has 0 spiro atoms. The Kier molecular flexibility index (Phi) is 9.62. The molecule has 0 radical (unpaired) electrons. The summed E-state index contributed by atoms with van der Waals surface area (Å²) in [6, 6.07) is 0. The molecule has 0 bridgehead atoms. The lowest BCUT2D eigenvalue weighted by Crippen LogP contribution is -2.48. The van der Waals surface area contributed by atoms with E-state index in [0.717, 1.165) is 24.8 Å². The predicted molar refractivity (Wildman–Crippen MR) is 96.6 cm³/mol. The van der Waals surface area contributed by atoms with Crippen LogP contribution in [0.4, 0.5) is 0 Å². The van der Waals surface area contributed by atoms with Crippen LogP contribution in [0.2, 0.25) is 0 Å². The number of rotatable bonds is 10. The van der Waals surface area contributed by atoms with E-state index in [0.29, 0.717) is 25.9 Å². The van der Waals surface area contributed by atoms with Gasteiger partial charge in [0, 0.05) is 36.3 Å². The Morgan fingerprint density at radius 2 is 2.20 bits per heavy atom. The fraction of sp³-hybridized carbons (Fsp3) is 0.647. The Bertz CT molecular complexity index is 529. The summed E-state index contributed by atoms with van der Waals surface area (Å²) in [7, 11) is -1.37. The molecule has 25 heavy (non-hydrogen) atoms. The van der Waals surface area contributed by atoms with Crippen molar-refractivity contribution in [2.75, 3.05) is 12.9 Å². The minimum absolute atomic E-state index is 0.406. The predicted octanol–water partition coefficient (Wildman–Crippen LogP) is 1.68. The zero-order chi connectivity index (χ0) is 18.7. The van der Waals surface area contributed by atoms with Crippen LogP contribution in [0.5, 0.6) is 0 Å². The monoisotopic (exact) mass is 372 g/mol. The number of amides is 2. The van der Waals surface area contributed by atoms with Gasteiger partial charge in [-0.3, -0.25) is 13.8 Å². The van der Waals surface area contributed by atoms with Crippen LogP contribution in [-0.2, 0) is 30.0 Å². The fourth-order valence-corrected chi connectivity index (χ4v) is 2.99. The zero-order valence-electron chi connectivity index (χ0n) is 15.1.